The number of nitrogens with zero attached hydrogens (tertiary/aromatic N) is 4. The third-order valence-corrected chi connectivity index (χ3v) is 4.92. The van der Waals surface area contributed by atoms with E-state index in [1.54, 1.807) is 26.5 Å². The number of hydrogen-bond donors (Lipinski definition) is 5. The Kier molecular flexibility index (Phi) is 11.0. The van der Waals surface area contributed by atoms with Crippen LogP contribution in [0.3, 0.4) is 0 Å². The van der Waals surface area contributed by atoms with Crippen molar-refractivity contribution in [3.8, 4) is 0 Å². The molecule has 1 heterocycles. The lowest BCUT2D eigenvalue weighted by molar-refractivity contribution is -0.144. The molecule has 1 aliphatic heterocycles. The molecular formula is C17H32N4O8. The highest BCUT2D eigenvalue weighted by Crippen LogP contribution is 2.05. The molecule has 0 amide bonds. The fourth-order valence-corrected chi connectivity index (χ4v) is 3.21. The highest BCUT2D eigenvalue weighted by Gasteiger charge is 2.24. The SMILES string of the molecule is CC(C(=O)O)N1CCN(CC(=O)O)CCN(CC(O)O)CCN(CC(=O)O)CC1. The molecule has 168 valence electrons. The normalized spacial score (nSPS) is 20.7. The third kappa shape index (κ3) is 10.5. The van der Waals surface area contributed by atoms with Crippen LogP contribution in [0.4, 0.5) is 0 Å². The number of β-amino-alcohol motifs (C(OH)–C–C–N with tert-alkyl or cyclic N) is 2. The van der Waals surface area contributed by atoms with Crippen LogP contribution >= 0.6 is 0 Å². The van der Waals surface area contributed by atoms with Crippen LogP contribution < -0.4 is 0 Å². The lowest BCUT2D eigenvalue weighted by Gasteiger charge is -2.34. The van der Waals surface area contributed by atoms with Gasteiger partial charge in [0, 0.05) is 58.9 Å². The Balaban J connectivity index is 2.97. The predicted octanol–water partition coefficient (Wildman–Crippen LogP) is -2.84. The maximum Gasteiger partial charge on any atom is 0.320 e. The summed E-state index contributed by atoms with van der Waals surface area (Å²) in [5.74, 6) is -3.01. The number of carboxylic acids is 3. The highest BCUT2D eigenvalue weighted by molar-refractivity contribution is 5.73. The van der Waals surface area contributed by atoms with Crippen LogP contribution in [-0.4, -0.2) is 147 Å². The van der Waals surface area contributed by atoms with Crippen LogP contribution in [0.2, 0.25) is 0 Å². The first-order valence-corrected chi connectivity index (χ1v) is 9.52. The summed E-state index contributed by atoms with van der Waals surface area (Å²) in [7, 11) is 0. The molecule has 1 aliphatic rings. The molecule has 1 fully saturated rings. The van der Waals surface area contributed by atoms with Gasteiger partial charge < -0.3 is 25.5 Å². The van der Waals surface area contributed by atoms with Gasteiger partial charge in [0.2, 0.25) is 0 Å². The van der Waals surface area contributed by atoms with Crippen molar-refractivity contribution in [1.82, 2.24) is 19.6 Å². The molecule has 0 aliphatic carbocycles. The number of aliphatic hydroxyl groups is 2. The molecule has 1 unspecified atom stereocenters. The molecule has 0 bridgehead atoms. The van der Waals surface area contributed by atoms with Gasteiger partial charge in [-0.3, -0.25) is 34.0 Å². The summed E-state index contributed by atoms with van der Waals surface area (Å²) in [6, 6.07) is -0.794. The van der Waals surface area contributed by atoms with E-state index in [4.69, 9.17) is 10.2 Å². The van der Waals surface area contributed by atoms with E-state index >= 15 is 0 Å². The fraction of sp³-hybridized carbons (Fsp3) is 0.824. The second-order valence-electron chi connectivity index (χ2n) is 7.17. The zero-order valence-corrected chi connectivity index (χ0v) is 16.7. The second kappa shape index (κ2) is 12.7. The van der Waals surface area contributed by atoms with E-state index in [1.807, 2.05) is 0 Å². The molecule has 0 saturated carbocycles. The Morgan fingerprint density at radius 2 is 1.10 bits per heavy atom. The second-order valence-corrected chi connectivity index (χ2v) is 7.17. The number of aliphatic hydroxyl groups excluding tert-OH is 1. The summed E-state index contributed by atoms with van der Waals surface area (Å²) in [6.07, 6.45) is -1.56. The molecular weight excluding hydrogens is 388 g/mol. The number of hydrogen-bond acceptors (Lipinski definition) is 9. The van der Waals surface area contributed by atoms with Gasteiger partial charge >= 0.3 is 17.9 Å². The molecule has 5 N–H and O–H groups in total. The van der Waals surface area contributed by atoms with Crippen molar-refractivity contribution < 1.29 is 39.9 Å². The first kappa shape index (κ1) is 25.2. The molecule has 1 atom stereocenters. The number of aliphatic carboxylic acids is 3. The Morgan fingerprint density at radius 3 is 1.45 bits per heavy atom. The lowest BCUT2D eigenvalue weighted by Crippen LogP contribution is -2.51. The summed E-state index contributed by atoms with van der Waals surface area (Å²) >= 11 is 0. The van der Waals surface area contributed by atoms with Gasteiger partial charge in [-0.05, 0) is 6.92 Å². The van der Waals surface area contributed by atoms with Crippen molar-refractivity contribution in [2.24, 2.45) is 0 Å². The molecule has 0 aromatic rings. The van der Waals surface area contributed by atoms with Gasteiger partial charge in [-0.1, -0.05) is 0 Å². The molecule has 12 heteroatoms. The van der Waals surface area contributed by atoms with Crippen LogP contribution in [0, 0.1) is 0 Å². The molecule has 0 aromatic carbocycles. The average Bonchev–Trinajstić information content (AvgIpc) is 2.59. The van der Waals surface area contributed by atoms with Crippen molar-refractivity contribution in [2.75, 3.05) is 72.0 Å². The van der Waals surface area contributed by atoms with Crippen molar-refractivity contribution in [3.63, 3.8) is 0 Å². The number of carboxylic acid groups (broad SMARTS) is 3. The van der Waals surface area contributed by atoms with E-state index in [2.05, 4.69) is 0 Å². The lowest BCUT2D eigenvalue weighted by atomic mass is 10.2. The Morgan fingerprint density at radius 1 is 0.724 bits per heavy atom. The maximum absolute atomic E-state index is 11.4. The minimum absolute atomic E-state index is 0.0377. The number of rotatable bonds is 8. The van der Waals surface area contributed by atoms with E-state index in [-0.39, 0.29) is 19.6 Å². The Bertz CT molecular complexity index is 516. The molecule has 1 saturated heterocycles. The topological polar surface area (TPSA) is 165 Å². The van der Waals surface area contributed by atoms with Crippen LogP contribution in [-0.2, 0) is 14.4 Å². The van der Waals surface area contributed by atoms with Gasteiger partial charge in [-0.2, -0.15) is 0 Å². The average molecular weight is 420 g/mol. The minimum Gasteiger partial charge on any atom is -0.480 e. The maximum atomic E-state index is 11.4. The summed E-state index contributed by atoms with van der Waals surface area (Å²) in [5, 5.41) is 46.2. The van der Waals surface area contributed by atoms with E-state index < -0.39 is 30.2 Å². The third-order valence-electron chi connectivity index (χ3n) is 4.92. The molecule has 29 heavy (non-hydrogen) atoms. The van der Waals surface area contributed by atoms with Gasteiger partial charge in [0.1, 0.15) is 6.04 Å². The quantitative estimate of drug-likeness (QED) is 0.256. The van der Waals surface area contributed by atoms with Crippen LogP contribution in [0.5, 0.6) is 0 Å². The molecule has 0 radical (unpaired) electrons. The van der Waals surface area contributed by atoms with Crippen LogP contribution in [0.1, 0.15) is 6.92 Å². The van der Waals surface area contributed by atoms with E-state index in [0.29, 0.717) is 52.4 Å². The smallest absolute Gasteiger partial charge is 0.320 e. The van der Waals surface area contributed by atoms with Gasteiger partial charge in [-0.25, -0.2) is 0 Å². The van der Waals surface area contributed by atoms with E-state index in [0.717, 1.165) is 0 Å². The first-order valence-electron chi connectivity index (χ1n) is 9.52. The zero-order valence-electron chi connectivity index (χ0n) is 16.7. The van der Waals surface area contributed by atoms with Gasteiger partial charge in [0.25, 0.3) is 0 Å². The highest BCUT2D eigenvalue weighted by atomic mass is 16.5. The minimum atomic E-state index is -1.56. The summed E-state index contributed by atoms with van der Waals surface area (Å²) < 4.78 is 0. The Hall–Kier alpha value is -1.83. The van der Waals surface area contributed by atoms with E-state index in [9.17, 15) is 29.7 Å². The van der Waals surface area contributed by atoms with Gasteiger partial charge in [0.15, 0.2) is 6.29 Å². The van der Waals surface area contributed by atoms with Crippen molar-refractivity contribution in [2.45, 2.75) is 19.3 Å². The standard InChI is InChI=1S/C17H32N4O8/c1-13(17(28)29)21-8-6-19(11-15(24)25)4-2-18(10-14(22)23)3-5-20(7-9-21)12-16(26)27/h13-14,22-23H,2-12H2,1H3,(H,24,25)(H,26,27)(H,28,29). The van der Waals surface area contributed by atoms with Crippen molar-refractivity contribution >= 4 is 17.9 Å². The molecule has 0 spiro atoms. The van der Waals surface area contributed by atoms with Crippen molar-refractivity contribution in [3.05, 3.63) is 0 Å². The van der Waals surface area contributed by atoms with Crippen LogP contribution in [0.25, 0.3) is 0 Å². The zero-order chi connectivity index (χ0) is 22.0. The largest absolute Gasteiger partial charge is 0.480 e. The summed E-state index contributed by atoms with van der Waals surface area (Å²) in [6.45, 7) is 3.74. The molecule has 12 nitrogen and oxygen atoms in total. The van der Waals surface area contributed by atoms with E-state index in [1.165, 1.54) is 0 Å². The molecule has 1 rings (SSSR count). The van der Waals surface area contributed by atoms with Crippen LogP contribution in [0.15, 0.2) is 0 Å². The predicted molar refractivity (Wildman–Crippen MR) is 101 cm³/mol. The van der Waals surface area contributed by atoms with Gasteiger partial charge in [-0.15, -0.1) is 0 Å². The monoisotopic (exact) mass is 420 g/mol. The number of carbonyl (C=O) groups is 3. The summed E-state index contributed by atoms with van der Waals surface area (Å²) in [5.41, 5.74) is 0. The summed E-state index contributed by atoms with van der Waals surface area (Å²) in [4.78, 5) is 40.6. The fourth-order valence-electron chi connectivity index (χ4n) is 3.21. The first-order chi connectivity index (χ1) is 13.6. The van der Waals surface area contributed by atoms with Crippen molar-refractivity contribution in [1.29, 1.82) is 0 Å². The van der Waals surface area contributed by atoms with Gasteiger partial charge in [0.05, 0.1) is 13.1 Å². The Labute approximate surface area is 169 Å². The molecule has 0 aromatic heterocycles.